The fraction of sp³-hybridized carbons (Fsp3) is 0.550. The summed E-state index contributed by atoms with van der Waals surface area (Å²) in [6, 6.07) is 4.76. The minimum Gasteiger partial charge on any atom is -0.474 e. The highest BCUT2D eigenvalue weighted by Crippen LogP contribution is 2.32. The Balaban J connectivity index is 1.36. The van der Waals surface area contributed by atoms with Gasteiger partial charge in [-0.3, -0.25) is 9.69 Å². The van der Waals surface area contributed by atoms with Crippen molar-refractivity contribution >= 4 is 40.8 Å². The van der Waals surface area contributed by atoms with E-state index in [-0.39, 0.29) is 17.0 Å². The van der Waals surface area contributed by atoms with E-state index in [4.69, 9.17) is 21.7 Å². The number of nitrogens with zero attached hydrogens (tertiary/aromatic N) is 3. The average Bonchev–Trinajstić information content (AvgIpc) is 3.54. The molecule has 1 saturated carbocycles. The number of piperazine rings is 1. The molecule has 2 heterocycles. The van der Waals surface area contributed by atoms with E-state index in [1.54, 1.807) is 12.1 Å². The SMILES string of the molecule is COC(=S)NCC1CN(c2ccc(N3CCN(C(=O)C4CC4)CC3)c(F)c2)C(=O)O1. The number of cyclic esters (lactones) is 1. The van der Waals surface area contributed by atoms with Crippen molar-refractivity contribution in [1.29, 1.82) is 0 Å². The van der Waals surface area contributed by atoms with Gasteiger partial charge < -0.3 is 24.6 Å². The molecule has 1 atom stereocenters. The van der Waals surface area contributed by atoms with Gasteiger partial charge in [-0.1, -0.05) is 0 Å². The predicted molar refractivity (Wildman–Crippen MR) is 113 cm³/mol. The summed E-state index contributed by atoms with van der Waals surface area (Å²) in [5, 5.41) is 3.07. The van der Waals surface area contributed by atoms with Gasteiger partial charge in [-0.2, -0.15) is 0 Å². The summed E-state index contributed by atoms with van der Waals surface area (Å²) in [5.74, 6) is 0.0367. The molecule has 30 heavy (non-hydrogen) atoms. The number of benzene rings is 1. The highest BCUT2D eigenvalue weighted by Gasteiger charge is 2.35. The molecule has 0 radical (unpaired) electrons. The number of rotatable bonds is 5. The van der Waals surface area contributed by atoms with Crippen molar-refractivity contribution in [3.8, 4) is 0 Å². The first-order chi connectivity index (χ1) is 14.5. The van der Waals surface area contributed by atoms with Crippen molar-refractivity contribution < 1.29 is 23.5 Å². The number of ether oxygens (including phenoxy) is 2. The highest BCUT2D eigenvalue weighted by molar-refractivity contribution is 7.80. The van der Waals surface area contributed by atoms with Crippen LogP contribution in [-0.4, -0.2) is 74.6 Å². The maximum absolute atomic E-state index is 14.9. The number of halogens is 1. The van der Waals surface area contributed by atoms with Crippen molar-refractivity contribution in [3.05, 3.63) is 24.0 Å². The van der Waals surface area contributed by atoms with E-state index >= 15 is 0 Å². The molecule has 3 aliphatic rings. The average molecular weight is 437 g/mol. The Kier molecular flexibility index (Phi) is 5.94. The van der Waals surface area contributed by atoms with Crippen molar-refractivity contribution in [3.63, 3.8) is 0 Å². The van der Waals surface area contributed by atoms with Gasteiger partial charge >= 0.3 is 6.09 Å². The molecule has 3 fully saturated rings. The molecule has 1 unspecified atom stereocenters. The van der Waals surface area contributed by atoms with E-state index in [2.05, 4.69) is 5.32 Å². The molecule has 4 rings (SSSR count). The lowest BCUT2D eigenvalue weighted by molar-refractivity contribution is -0.132. The summed E-state index contributed by atoms with van der Waals surface area (Å²) in [5.41, 5.74) is 0.925. The summed E-state index contributed by atoms with van der Waals surface area (Å²) in [7, 11) is 1.46. The summed E-state index contributed by atoms with van der Waals surface area (Å²) in [4.78, 5) is 29.6. The number of hydrogen-bond donors (Lipinski definition) is 1. The minimum atomic E-state index is -0.524. The number of nitrogens with one attached hydrogen (secondary N) is 1. The van der Waals surface area contributed by atoms with Crippen LogP contribution in [0.2, 0.25) is 0 Å². The van der Waals surface area contributed by atoms with Gasteiger partial charge in [0.1, 0.15) is 11.9 Å². The number of carbonyl (C=O) groups excluding carboxylic acids is 2. The van der Waals surface area contributed by atoms with Crippen LogP contribution < -0.4 is 15.1 Å². The van der Waals surface area contributed by atoms with Crippen LogP contribution in [0, 0.1) is 11.7 Å². The molecule has 2 saturated heterocycles. The molecule has 0 spiro atoms. The molecular weight excluding hydrogens is 411 g/mol. The number of hydrogen-bond acceptors (Lipinski definition) is 6. The Morgan fingerprint density at radius 3 is 2.67 bits per heavy atom. The fourth-order valence-electron chi connectivity index (χ4n) is 3.78. The summed E-state index contributed by atoms with van der Waals surface area (Å²) in [6.07, 6.45) is 1.04. The topological polar surface area (TPSA) is 74.4 Å². The van der Waals surface area contributed by atoms with Crippen LogP contribution in [0.4, 0.5) is 20.6 Å². The Bertz CT molecular complexity index is 842. The van der Waals surface area contributed by atoms with Gasteiger partial charge in [0.15, 0.2) is 0 Å². The summed E-state index contributed by atoms with van der Waals surface area (Å²) in [6.45, 7) is 3.00. The van der Waals surface area contributed by atoms with Crippen LogP contribution in [0.15, 0.2) is 18.2 Å². The van der Waals surface area contributed by atoms with Crippen LogP contribution in [0.25, 0.3) is 0 Å². The third-order valence-electron chi connectivity index (χ3n) is 5.64. The quantitative estimate of drug-likeness (QED) is 0.705. The minimum absolute atomic E-state index is 0.205. The molecule has 2 amide bonds. The van der Waals surface area contributed by atoms with Gasteiger partial charge in [-0.15, -0.1) is 0 Å². The van der Waals surface area contributed by atoms with E-state index in [0.29, 0.717) is 50.6 Å². The summed E-state index contributed by atoms with van der Waals surface area (Å²) < 4.78 is 25.0. The fourth-order valence-corrected chi connectivity index (χ4v) is 3.87. The number of carbonyl (C=O) groups is 2. The van der Waals surface area contributed by atoms with Gasteiger partial charge in [0.05, 0.1) is 31.6 Å². The number of thiocarbonyl (C=S) groups is 1. The van der Waals surface area contributed by atoms with Gasteiger partial charge in [0, 0.05) is 32.1 Å². The van der Waals surface area contributed by atoms with Crippen molar-refractivity contribution in [2.24, 2.45) is 5.92 Å². The van der Waals surface area contributed by atoms with Gasteiger partial charge in [-0.25, -0.2) is 9.18 Å². The predicted octanol–water partition coefficient (Wildman–Crippen LogP) is 1.73. The van der Waals surface area contributed by atoms with E-state index in [1.165, 1.54) is 18.1 Å². The second-order valence-corrected chi connectivity index (χ2v) is 8.08. The lowest BCUT2D eigenvalue weighted by Crippen LogP contribution is -2.49. The van der Waals surface area contributed by atoms with E-state index in [1.807, 2.05) is 9.80 Å². The second kappa shape index (κ2) is 8.63. The molecule has 10 heteroatoms. The molecule has 1 aliphatic carbocycles. The molecular formula is C20H25FN4O4S. The molecule has 1 aromatic carbocycles. The third-order valence-corrected chi connectivity index (χ3v) is 5.95. The van der Waals surface area contributed by atoms with Gasteiger partial charge in [-0.05, 0) is 43.3 Å². The first kappa shape index (κ1) is 20.6. The zero-order valence-electron chi connectivity index (χ0n) is 16.8. The lowest BCUT2D eigenvalue weighted by Gasteiger charge is -2.36. The van der Waals surface area contributed by atoms with Crippen molar-refractivity contribution in [2.45, 2.75) is 18.9 Å². The standard InChI is InChI=1S/C20H25FN4O4S/c1-28-19(30)22-11-15-12-25(20(27)29-15)14-4-5-17(16(21)10-14)23-6-8-24(9-7-23)18(26)13-2-3-13/h4-5,10,13,15H,2-3,6-9,11-12H2,1H3,(H,22,30). The van der Waals surface area contributed by atoms with Crippen LogP contribution in [0.1, 0.15) is 12.8 Å². The largest absolute Gasteiger partial charge is 0.474 e. The van der Waals surface area contributed by atoms with E-state index < -0.39 is 18.0 Å². The first-order valence-corrected chi connectivity index (χ1v) is 10.5. The number of anilines is 2. The molecule has 1 aromatic rings. The molecule has 162 valence electrons. The maximum atomic E-state index is 14.9. The molecule has 1 N–H and O–H groups in total. The summed E-state index contributed by atoms with van der Waals surface area (Å²) >= 11 is 4.91. The van der Waals surface area contributed by atoms with Gasteiger partial charge in [0.25, 0.3) is 5.17 Å². The zero-order chi connectivity index (χ0) is 21.3. The van der Waals surface area contributed by atoms with E-state index in [0.717, 1.165) is 12.8 Å². The Hall–Kier alpha value is -2.62. The Labute approximate surface area is 179 Å². The van der Waals surface area contributed by atoms with Crippen LogP contribution >= 0.6 is 12.2 Å². The van der Waals surface area contributed by atoms with Crippen molar-refractivity contribution in [2.75, 3.05) is 56.2 Å². The van der Waals surface area contributed by atoms with Crippen LogP contribution in [-0.2, 0) is 14.3 Å². The smallest absolute Gasteiger partial charge is 0.414 e. The molecule has 0 aromatic heterocycles. The monoisotopic (exact) mass is 436 g/mol. The zero-order valence-corrected chi connectivity index (χ0v) is 17.6. The third kappa shape index (κ3) is 4.43. The number of amides is 2. The maximum Gasteiger partial charge on any atom is 0.414 e. The molecule has 0 bridgehead atoms. The first-order valence-electron chi connectivity index (χ1n) is 10.1. The van der Waals surface area contributed by atoms with Gasteiger partial charge in [0.2, 0.25) is 5.91 Å². The normalized spacial score (nSPS) is 21.5. The Morgan fingerprint density at radius 2 is 2.03 bits per heavy atom. The number of methoxy groups -OCH3 is 1. The van der Waals surface area contributed by atoms with Crippen molar-refractivity contribution in [1.82, 2.24) is 10.2 Å². The highest BCUT2D eigenvalue weighted by atomic mass is 32.1. The molecule has 2 aliphatic heterocycles. The Morgan fingerprint density at radius 1 is 1.30 bits per heavy atom. The van der Waals surface area contributed by atoms with E-state index in [9.17, 15) is 14.0 Å². The van der Waals surface area contributed by atoms with Crippen LogP contribution in [0.5, 0.6) is 0 Å². The second-order valence-electron chi connectivity index (χ2n) is 7.71. The van der Waals surface area contributed by atoms with Crippen LogP contribution in [0.3, 0.4) is 0 Å². The lowest BCUT2D eigenvalue weighted by atomic mass is 10.2. The molecule has 8 nitrogen and oxygen atoms in total.